The Balaban J connectivity index is 3.16. The fourth-order valence-electron chi connectivity index (χ4n) is 2.49. The number of likely N-dealkylation sites (tertiary alicyclic amines) is 1. The van der Waals surface area contributed by atoms with E-state index in [2.05, 4.69) is 0 Å². The van der Waals surface area contributed by atoms with E-state index in [9.17, 15) is 14.4 Å². The molecule has 1 fully saturated rings. The number of rotatable bonds is 5. The quantitative estimate of drug-likeness (QED) is 0.568. The minimum Gasteiger partial charge on any atom is -0.463 e. The molecule has 0 bridgehead atoms. The van der Waals surface area contributed by atoms with E-state index < -0.39 is 17.5 Å². The molecular weight excluding hydrogens is 286 g/mol. The van der Waals surface area contributed by atoms with E-state index in [0.717, 1.165) is 6.08 Å². The normalized spacial score (nSPS) is 21.5. The van der Waals surface area contributed by atoms with Crippen LogP contribution in [0.15, 0.2) is 11.8 Å². The smallest absolute Gasteiger partial charge is 0.354 e. The molecule has 1 rings (SSSR count). The van der Waals surface area contributed by atoms with E-state index in [4.69, 9.17) is 9.47 Å². The second kappa shape index (κ2) is 7.42. The van der Waals surface area contributed by atoms with Crippen molar-refractivity contribution >= 4 is 17.7 Å². The zero-order valence-corrected chi connectivity index (χ0v) is 14.0. The molecule has 0 aliphatic carbocycles. The van der Waals surface area contributed by atoms with Crippen molar-refractivity contribution in [2.75, 3.05) is 19.8 Å². The number of esters is 2. The van der Waals surface area contributed by atoms with Crippen LogP contribution < -0.4 is 0 Å². The molecule has 0 N–H and O–H groups in total. The van der Waals surface area contributed by atoms with Gasteiger partial charge in [-0.3, -0.25) is 4.79 Å². The molecule has 1 unspecified atom stereocenters. The summed E-state index contributed by atoms with van der Waals surface area (Å²) in [4.78, 5) is 37.7. The van der Waals surface area contributed by atoms with Crippen LogP contribution in [-0.2, 0) is 23.9 Å². The zero-order chi connectivity index (χ0) is 16.9. The van der Waals surface area contributed by atoms with Crippen LogP contribution >= 0.6 is 0 Å². The summed E-state index contributed by atoms with van der Waals surface area (Å²) in [6.07, 6.45) is 1.47. The molecule has 1 atom stereocenters. The van der Waals surface area contributed by atoms with Gasteiger partial charge in [0.15, 0.2) is 0 Å². The van der Waals surface area contributed by atoms with Crippen molar-refractivity contribution in [2.45, 2.75) is 46.6 Å². The minimum atomic E-state index is -0.592. The lowest BCUT2D eigenvalue weighted by Gasteiger charge is -2.45. The Bertz CT molecular complexity index is 481. The average molecular weight is 311 g/mol. The Morgan fingerprint density at radius 1 is 1.27 bits per heavy atom. The van der Waals surface area contributed by atoms with Gasteiger partial charge in [0.1, 0.15) is 11.5 Å². The second-order valence-electron chi connectivity index (χ2n) is 5.97. The summed E-state index contributed by atoms with van der Waals surface area (Å²) in [5.74, 6) is -1.22. The average Bonchev–Trinajstić information content (AvgIpc) is 2.40. The maximum absolute atomic E-state index is 12.2. The molecule has 0 aromatic carbocycles. The first-order valence-electron chi connectivity index (χ1n) is 7.58. The van der Waals surface area contributed by atoms with Gasteiger partial charge in [0.05, 0.1) is 19.3 Å². The van der Waals surface area contributed by atoms with E-state index in [1.807, 2.05) is 20.8 Å². The maximum atomic E-state index is 12.2. The number of carbonyl (C=O) groups is 3. The molecule has 0 aromatic rings. The van der Waals surface area contributed by atoms with Crippen LogP contribution in [0.4, 0.5) is 0 Å². The Morgan fingerprint density at radius 3 is 2.41 bits per heavy atom. The first kappa shape index (κ1) is 18.2. The SMILES string of the molecule is CCOC(=O)/C=C(\C(=O)OCC)N1CC(C)C(=O)CC1(C)C. The molecule has 0 spiro atoms. The van der Waals surface area contributed by atoms with E-state index in [1.165, 1.54) is 0 Å². The maximum Gasteiger partial charge on any atom is 0.354 e. The van der Waals surface area contributed by atoms with Gasteiger partial charge >= 0.3 is 11.9 Å². The molecule has 1 aliphatic rings. The molecule has 0 aromatic heterocycles. The lowest BCUT2D eigenvalue weighted by molar-refractivity contribution is -0.145. The summed E-state index contributed by atoms with van der Waals surface area (Å²) in [6.45, 7) is 9.76. The standard InChI is InChI=1S/C16H25NO5/c1-6-21-14(19)8-12(15(20)22-7-2)17-10-11(3)13(18)9-16(17,4)5/h8,11H,6-7,9-10H2,1-5H3/b12-8+. The number of ether oxygens (including phenoxy) is 2. The van der Waals surface area contributed by atoms with Gasteiger partial charge in [-0.05, 0) is 27.7 Å². The van der Waals surface area contributed by atoms with Crippen LogP contribution in [0.1, 0.15) is 41.0 Å². The number of nitrogens with zero attached hydrogens (tertiary/aromatic N) is 1. The van der Waals surface area contributed by atoms with Gasteiger partial charge in [-0.25, -0.2) is 9.59 Å². The second-order valence-corrected chi connectivity index (χ2v) is 5.97. The lowest BCUT2D eigenvalue weighted by Crippen LogP contribution is -2.54. The minimum absolute atomic E-state index is 0.143. The fraction of sp³-hybridized carbons (Fsp3) is 0.688. The molecule has 1 heterocycles. The molecule has 1 saturated heterocycles. The molecule has 22 heavy (non-hydrogen) atoms. The van der Waals surface area contributed by atoms with Crippen LogP contribution in [0, 0.1) is 5.92 Å². The summed E-state index contributed by atoms with van der Waals surface area (Å²) in [6, 6.07) is 0. The number of carbonyl (C=O) groups excluding carboxylic acids is 3. The third-order valence-corrected chi connectivity index (χ3v) is 3.66. The van der Waals surface area contributed by atoms with Crippen molar-refractivity contribution < 1.29 is 23.9 Å². The molecule has 0 radical (unpaired) electrons. The summed E-state index contributed by atoms with van der Waals surface area (Å²) in [5.41, 5.74) is -0.418. The molecule has 124 valence electrons. The highest BCUT2D eigenvalue weighted by atomic mass is 16.5. The van der Waals surface area contributed by atoms with Crippen LogP contribution in [0.2, 0.25) is 0 Å². The van der Waals surface area contributed by atoms with Crippen molar-refractivity contribution in [3.63, 3.8) is 0 Å². The van der Waals surface area contributed by atoms with Gasteiger partial charge < -0.3 is 14.4 Å². The van der Waals surface area contributed by atoms with Gasteiger partial charge in [-0.15, -0.1) is 0 Å². The lowest BCUT2D eigenvalue weighted by atomic mass is 9.84. The highest BCUT2D eigenvalue weighted by Crippen LogP contribution is 2.32. The Labute approximate surface area is 131 Å². The van der Waals surface area contributed by atoms with Crippen LogP contribution in [0.5, 0.6) is 0 Å². The molecule has 1 aliphatic heterocycles. The number of piperidine rings is 1. The zero-order valence-electron chi connectivity index (χ0n) is 14.0. The highest BCUT2D eigenvalue weighted by Gasteiger charge is 2.41. The van der Waals surface area contributed by atoms with Crippen LogP contribution in [0.25, 0.3) is 0 Å². The summed E-state index contributed by atoms with van der Waals surface area (Å²) < 4.78 is 9.94. The Kier molecular flexibility index (Phi) is 6.14. The van der Waals surface area contributed by atoms with Crippen molar-refractivity contribution in [3.8, 4) is 0 Å². The topological polar surface area (TPSA) is 72.9 Å². The summed E-state index contributed by atoms with van der Waals surface area (Å²) >= 11 is 0. The molecule has 0 saturated carbocycles. The van der Waals surface area contributed by atoms with Crippen molar-refractivity contribution in [1.82, 2.24) is 4.90 Å². The number of hydrogen-bond acceptors (Lipinski definition) is 6. The number of hydrogen-bond donors (Lipinski definition) is 0. The third kappa shape index (κ3) is 4.32. The van der Waals surface area contributed by atoms with Gasteiger partial charge in [0.25, 0.3) is 0 Å². The van der Waals surface area contributed by atoms with Gasteiger partial charge in [0.2, 0.25) is 0 Å². The molecule has 0 amide bonds. The third-order valence-electron chi connectivity index (χ3n) is 3.66. The van der Waals surface area contributed by atoms with Crippen molar-refractivity contribution in [2.24, 2.45) is 5.92 Å². The molecular formula is C16H25NO5. The van der Waals surface area contributed by atoms with E-state index in [-0.39, 0.29) is 30.6 Å². The monoisotopic (exact) mass is 311 g/mol. The Morgan fingerprint density at radius 2 is 1.86 bits per heavy atom. The molecule has 6 nitrogen and oxygen atoms in total. The highest BCUT2D eigenvalue weighted by molar-refractivity contribution is 5.96. The largest absolute Gasteiger partial charge is 0.463 e. The van der Waals surface area contributed by atoms with Crippen molar-refractivity contribution in [3.05, 3.63) is 11.8 Å². The van der Waals surface area contributed by atoms with Gasteiger partial charge in [0, 0.05) is 24.4 Å². The number of Topliss-reactive ketones (excluding diaryl/α,β-unsaturated/α-hetero) is 1. The van der Waals surface area contributed by atoms with Gasteiger partial charge in [-0.2, -0.15) is 0 Å². The van der Waals surface area contributed by atoms with Crippen molar-refractivity contribution in [1.29, 1.82) is 0 Å². The molecule has 6 heteroatoms. The first-order chi connectivity index (χ1) is 10.2. The Hall–Kier alpha value is -1.85. The summed E-state index contributed by atoms with van der Waals surface area (Å²) in [5, 5.41) is 0. The van der Waals surface area contributed by atoms with Crippen LogP contribution in [0.3, 0.4) is 0 Å². The number of ketones is 1. The van der Waals surface area contributed by atoms with E-state index >= 15 is 0 Å². The fourth-order valence-corrected chi connectivity index (χ4v) is 2.49. The van der Waals surface area contributed by atoms with Crippen LogP contribution in [-0.4, -0.2) is 47.9 Å². The van der Waals surface area contributed by atoms with Gasteiger partial charge in [-0.1, -0.05) is 6.92 Å². The van der Waals surface area contributed by atoms with E-state index in [1.54, 1.807) is 18.7 Å². The predicted octanol–water partition coefficient (Wildman–Crippen LogP) is 1.69. The first-order valence-corrected chi connectivity index (χ1v) is 7.58. The van der Waals surface area contributed by atoms with E-state index in [0.29, 0.717) is 13.0 Å². The summed E-state index contributed by atoms with van der Waals surface area (Å²) in [7, 11) is 0. The predicted molar refractivity (Wildman–Crippen MR) is 80.9 cm³/mol.